The predicted molar refractivity (Wildman–Crippen MR) is 78.1 cm³/mol. The number of hydrogen-bond acceptors (Lipinski definition) is 3. The van der Waals surface area contributed by atoms with Crippen LogP contribution in [0, 0.1) is 17.6 Å². The number of carbonyl (C=O) groups excluding carboxylic acids is 2. The summed E-state index contributed by atoms with van der Waals surface area (Å²) >= 11 is 0. The monoisotopic (exact) mass is 314 g/mol. The summed E-state index contributed by atoms with van der Waals surface area (Å²) in [5, 5.41) is 14.4. The maximum Gasteiger partial charge on any atom is 0.313 e. The van der Waals surface area contributed by atoms with Crippen molar-refractivity contribution >= 4 is 17.5 Å². The molecule has 2 amide bonds. The number of amides is 2. The average molecular weight is 314 g/mol. The van der Waals surface area contributed by atoms with Gasteiger partial charge in [0, 0.05) is 12.6 Å². The van der Waals surface area contributed by atoms with Crippen LogP contribution in [0.15, 0.2) is 18.2 Å². The number of rotatable bonds is 5. The molecular weight excluding hydrogens is 294 g/mol. The SMILES string of the molecule is CC[C@H](C)[C@@](C)(O)CNC(=O)C(=O)Nc1cc(F)ccc1F. The quantitative estimate of drug-likeness (QED) is 0.725. The Hall–Kier alpha value is -2.02. The van der Waals surface area contributed by atoms with E-state index in [1.807, 2.05) is 19.2 Å². The molecule has 0 aliphatic rings. The van der Waals surface area contributed by atoms with Crippen LogP contribution in [0.2, 0.25) is 0 Å². The molecule has 1 aromatic rings. The van der Waals surface area contributed by atoms with Crippen LogP contribution in [0.3, 0.4) is 0 Å². The van der Waals surface area contributed by atoms with Gasteiger partial charge in [0.1, 0.15) is 11.6 Å². The molecule has 22 heavy (non-hydrogen) atoms. The van der Waals surface area contributed by atoms with Crippen molar-refractivity contribution in [3.05, 3.63) is 29.8 Å². The minimum Gasteiger partial charge on any atom is -0.388 e. The summed E-state index contributed by atoms with van der Waals surface area (Å²) in [7, 11) is 0. The standard InChI is InChI=1S/C15H20F2N2O3/c1-4-9(2)15(3,22)8-18-13(20)14(21)19-12-7-10(16)5-6-11(12)17/h5-7,9,22H,4,8H2,1-3H3,(H,18,20)(H,19,21)/t9-,15-/m0/s1. The van der Waals surface area contributed by atoms with E-state index in [4.69, 9.17) is 0 Å². The van der Waals surface area contributed by atoms with Gasteiger partial charge in [-0.15, -0.1) is 0 Å². The third-order valence-electron chi connectivity index (χ3n) is 3.66. The third-order valence-corrected chi connectivity index (χ3v) is 3.66. The van der Waals surface area contributed by atoms with Gasteiger partial charge in [-0.25, -0.2) is 8.78 Å². The Morgan fingerprint density at radius 2 is 1.95 bits per heavy atom. The number of benzene rings is 1. The summed E-state index contributed by atoms with van der Waals surface area (Å²) in [6, 6.07) is 2.51. The van der Waals surface area contributed by atoms with Crippen molar-refractivity contribution in [2.75, 3.05) is 11.9 Å². The zero-order chi connectivity index (χ0) is 16.9. The Labute approximate surface area is 127 Å². The van der Waals surface area contributed by atoms with Gasteiger partial charge in [-0.3, -0.25) is 9.59 Å². The van der Waals surface area contributed by atoms with Crippen molar-refractivity contribution in [3.8, 4) is 0 Å². The first-order chi connectivity index (χ1) is 10.2. The molecule has 0 unspecified atom stereocenters. The van der Waals surface area contributed by atoms with Crippen molar-refractivity contribution in [1.82, 2.24) is 5.32 Å². The Kier molecular flexibility index (Phi) is 5.99. The molecule has 0 fully saturated rings. The van der Waals surface area contributed by atoms with Crippen LogP contribution in [0.1, 0.15) is 27.2 Å². The van der Waals surface area contributed by atoms with Crippen LogP contribution in [0.4, 0.5) is 14.5 Å². The van der Waals surface area contributed by atoms with Crippen molar-refractivity contribution < 1.29 is 23.5 Å². The molecule has 0 aromatic heterocycles. The molecule has 3 N–H and O–H groups in total. The summed E-state index contributed by atoms with van der Waals surface area (Å²) < 4.78 is 26.3. The van der Waals surface area contributed by atoms with Crippen molar-refractivity contribution in [2.45, 2.75) is 32.8 Å². The molecule has 0 spiro atoms. The number of anilines is 1. The third kappa shape index (κ3) is 4.77. The molecular formula is C15H20F2N2O3. The molecule has 0 saturated carbocycles. The largest absolute Gasteiger partial charge is 0.388 e. The van der Waals surface area contributed by atoms with Gasteiger partial charge < -0.3 is 15.7 Å². The van der Waals surface area contributed by atoms with E-state index in [-0.39, 0.29) is 12.5 Å². The van der Waals surface area contributed by atoms with Crippen molar-refractivity contribution in [1.29, 1.82) is 0 Å². The smallest absolute Gasteiger partial charge is 0.313 e. The maximum atomic E-state index is 13.4. The lowest BCUT2D eigenvalue weighted by Crippen LogP contribution is -2.47. The minimum absolute atomic E-state index is 0.0866. The van der Waals surface area contributed by atoms with Gasteiger partial charge in [0.05, 0.1) is 11.3 Å². The van der Waals surface area contributed by atoms with Gasteiger partial charge in [-0.1, -0.05) is 20.3 Å². The summed E-state index contributed by atoms with van der Waals surface area (Å²) in [5.74, 6) is -3.85. The predicted octanol–water partition coefficient (Wildman–Crippen LogP) is 1.82. The summed E-state index contributed by atoms with van der Waals surface area (Å²) in [4.78, 5) is 23.3. The molecule has 7 heteroatoms. The number of nitrogens with one attached hydrogen (secondary N) is 2. The molecule has 1 rings (SSSR count). The number of halogens is 2. The average Bonchev–Trinajstić information content (AvgIpc) is 2.47. The van der Waals surface area contributed by atoms with E-state index in [1.165, 1.54) is 0 Å². The highest BCUT2D eigenvalue weighted by Gasteiger charge is 2.28. The highest BCUT2D eigenvalue weighted by atomic mass is 19.1. The van der Waals surface area contributed by atoms with Crippen LogP contribution in [0.5, 0.6) is 0 Å². The second-order valence-electron chi connectivity index (χ2n) is 5.43. The topological polar surface area (TPSA) is 78.4 Å². The van der Waals surface area contributed by atoms with Crippen LogP contribution in [-0.2, 0) is 9.59 Å². The van der Waals surface area contributed by atoms with E-state index in [9.17, 15) is 23.5 Å². The summed E-state index contributed by atoms with van der Waals surface area (Å²) in [5.41, 5.74) is -1.59. The van der Waals surface area contributed by atoms with Crippen LogP contribution >= 0.6 is 0 Å². The highest BCUT2D eigenvalue weighted by Crippen LogP contribution is 2.19. The fraction of sp³-hybridized carbons (Fsp3) is 0.467. The fourth-order valence-corrected chi connectivity index (χ4v) is 1.73. The van der Waals surface area contributed by atoms with Crippen LogP contribution in [-0.4, -0.2) is 29.1 Å². The molecule has 5 nitrogen and oxygen atoms in total. The van der Waals surface area contributed by atoms with Gasteiger partial charge in [-0.2, -0.15) is 0 Å². The van der Waals surface area contributed by atoms with Crippen LogP contribution < -0.4 is 10.6 Å². The lowest BCUT2D eigenvalue weighted by atomic mass is 9.89. The molecule has 1 aromatic carbocycles. The Balaban J connectivity index is 2.63. The van der Waals surface area contributed by atoms with Crippen molar-refractivity contribution in [2.24, 2.45) is 5.92 Å². The number of hydrogen-bond donors (Lipinski definition) is 3. The molecule has 122 valence electrons. The van der Waals surface area contributed by atoms with E-state index in [2.05, 4.69) is 5.32 Å². The van der Waals surface area contributed by atoms with Gasteiger partial charge in [0.15, 0.2) is 0 Å². The minimum atomic E-state index is -1.17. The van der Waals surface area contributed by atoms with E-state index in [1.54, 1.807) is 6.92 Å². The van der Waals surface area contributed by atoms with Gasteiger partial charge in [-0.05, 0) is 25.0 Å². The van der Waals surface area contributed by atoms with Crippen LogP contribution in [0.25, 0.3) is 0 Å². The molecule has 0 heterocycles. The zero-order valence-corrected chi connectivity index (χ0v) is 12.7. The summed E-state index contributed by atoms with van der Waals surface area (Å²) in [6.07, 6.45) is 0.698. The van der Waals surface area contributed by atoms with Gasteiger partial charge in [0.25, 0.3) is 0 Å². The molecule has 0 aliphatic carbocycles. The number of carbonyl (C=O) groups is 2. The molecule has 0 saturated heterocycles. The fourth-order valence-electron chi connectivity index (χ4n) is 1.73. The lowest BCUT2D eigenvalue weighted by Gasteiger charge is -2.29. The van der Waals surface area contributed by atoms with E-state index >= 15 is 0 Å². The molecule has 0 radical (unpaired) electrons. The molecule has 0 aliphatic heterocycles. The Bertz CT molecular complexity index is 562. The highest BCUT2D eigenvalue weighted by molar-refractivity contribution is 6.39. The Morgan fingerprint density at radius 3 is 2.55 bits per heavy atom. The second-order valence-corrected chi connectivity index (χ2v) is 5.43. The Morgan fingerprint density at radius 1 is 1.32 bits per heavy atom. The summed E-state index contributed by atoms with van der Waals surface area (Å²) in [6.45, 7) is 5.13. The first kappa shape index (κ1) is 18.0. The van der Waals surface area contributed by atoms with E-state index in [0.717, 1.165) is 18.2 Å². The molecule has 0 bridgehead atoms. The normalized spacial score (nSPS) is 14.8. The van der Waals surface area contributed by atoms with Gasteiger partial charge >= 0.3 is 11.8 Å². The first-order valence-corrected chi connectivity index (χ1v) is 6.94. The molecule has 2 atom stereocenters. The maximum absolute atomic E-state index is 13.4. The second kappa shape index (κ2) is 7.31. The first-order valence-electron chi connectivity index (χ1n) is 6.94. The zero-order valence-electron chi connectivity index (χ0n) is 12.7. The van der Waals surface area contributed by atoms with E-state index in [0.29, 0.717) is 6.42 Å². The van der Waals surface area contributed by atoms with Gasteiger partial charge in [0.2, 0.25) is 0 Å². The van der Waals surface area contributed by atoms with Crippen molar-refractivity contribution in [3.63, 3.8) is 0 Å². The lowest BCUT2D eigenvalue weighted by molar-refractivity contribution is -0.137. The number of aliphatic hydroxyl groups is 1. The van der Waals surface area contributed by atoms with E-state index < -0.39 is 34.7 Å².